The number of nitrogens with zero attached hydrogens (tertiary/aromatic N) is 1. The molecule has 0 radical (unpaired) electrons. The maximum absolute atomic E-state index is 13.5. The number of ether oxygens (including phenoxy) is 2. The lowest BCUT2D eigenvalue weighted by Crippen LogP contribution is -2.36. The van der Waals surface area contributed by atoms with Crippen molar-refractivity contribution in [1.29, 1.82) is 0 Å². The Morgan fingerprint density at radius 1 is 1.28 bits per heavy atom. The Labute approximate surface area is 143 Å². The molecular weight excluding hydrogens is 342 g/mol. The molecule has 1 saturated heterocycles. The molecule has 1 aromatic rings. The summed E-state index contributed by atoms with van der Waals surface area (Å²) in [4.78, 5) is 13.5. The number of amides is 1. The van der Waals surface area contributed by atoms with Crippen molar-refractivity contribution in [3.8, 4) is 0 Å². The summed E-state index contributed by atoms with van der Waals surface area (Å²) in [7, 11) is 0. The Bertz CT molecular complexity index is 625. The number of halogens is 4. The van der Waals surface area contributed by atoms with E-state index in [-0.39, 0.29) is 12.7 Å². The molecule has 25 heavy (non-hydrogen) atoms. The Hall–Kier alpha value is -1.83. The van der Waals surface area contributed by atoms with Crippen molar-refractivity contribution in [2.75, 3.05) is 13.1 Å². The number of carbonyl (C=O) groups is 1. The summed E-state index contributed by atoms with van der Waals surface area (Å²) in [5.74, 6) is -1.32. The smallest absolute Gasteiger partial charge is 0.419 e. The highest BCUT2D eigenvalue weighted by Crippen LogP contribution is 2.31. The van der Waals surface area contributed by atoms with Crippen LogP contribution < -0.4 is 0 Å². The molecule has 140 valence electrons. The van der Waals surface area contributed by atoms with Gasteiger partial charge in [0.2, 0.25) is 0 Å². The van der Waals surface area contributed by atoms with Gasteiger partial charge in [-0.3, -0.25) is 0 Å². The highest BCUT2D eigenvalue weighted by atomic mass is 19.4. The summed E-state index contributed by atoms with van der Waals surface area (Å²) in [6.45, 7) is 6.09. The highest BCUT2D eigenvalue weighted by molar-refractivity contribution is 5.68. The predicted octanol–water partition coefficient (Wildman–Crippen LogP) is 4.37. The minimum atomic E-state index is -4.72. The van der Waals surface area contributed by atoms with Gasteiger partial charge in [0.05, 0.1) is 24.8 Å². The van der Waals surface area contributed by atoms with Crippen LogP contribution in [-0.2, 0) is 22.3 Å². The number of benzene rings is 1. The third kappa shape index (κ3) is 5.59. The lowest BCUT2D eigenvalue weighted by Gasteiger charge is -2.24. The zero-order valence-corrected chi connectivity index (χ0v) is 14.3. The van der Waals surface area contributed by atoms with Crippen LogP contribution in [0.2, 0.25) is 0 Å². The van der Waals surface area contributed by atoms with Crippen molar-refractivity contribution >= 4 is 6.09 Å². The maximum atomic E-state index is 13.5. The molecule has 1 heterocycles. The molecule has 1 fully saturated rings. The van der Waals surface area contributed by atoms with Gasteiger partial charge >= 0.3 is 12.3 Å². The molecule has 8 heteroatoms. The van der Waals surface area contributed by atoms with E-state index in [9.17, 15) is 22.4 Å². The second kappa shape index (κ2) is 7.19. The molecule has 1 atom stereocenters. The lowest BCUT2D eigenvalue weighted by molar-refractivity contribution is -0.140. The van der Waals surface area contributed by atoms with Crippen LogP contribution in [0.25, 0.3) is 0 Å². The minimum Gasteiger partial charge on any atom is -0.444 e. The first kappa shape index (κ1) is 19.5. The van der Waals surface area contributed by atoms with Gasteiger partial charge in [-0.05, 0) is 44.9 Å². The van der Waals surface area contributed by atoms with Crippen LogP contribution in [-0.4, -0.2) is 35.8 Å². The number of likely N-dealkylation sites (tertiary alicyclic amines) is 1. The largest absolute Gasteiger partial charge is 0.444 e. The van der Waals surface area contributed by atoms with E-state index in [0.29, 0.717) is 31.1 Å². The van der Waals surface area contributed by atoms with Crippen LogP contribution in [0.3, 0.4) is 0 Å². The molecule has 0 N–H and O–H groups in total. The van der Waals surface area contributed by atoms with Crippen molar-refractivity contribution in [1.82, 2.24) is 4.90 Å². The number of hydrogen-bond acceptors (Lipinski definition) is 3. The molecule has 0 aliphatic carbocycles. The van der Waals surface area contributed by atoms with E-state index in [4.69, 9.17) is 9.47 Å². The Balaban J connectivity index is 1.87. The van der Waals surface area contributed by atoms with Gasteiger partial charge in [-0.2, -0.15) is 13.2 Å². The van der Waals surface area contributed by atoms with Crippen LogP contribution in [0, 0.1) is 5.82 Å². The van der Waals surface area contributed by atoms with Gasteiger partial charge in [-0.1, -0.05) is 6.07 Å². The fourth-order valence-corrected chi connectivity index (χ4v) is 2.45. The third-order valence-electron chi connectivity index (χ3n) is 3.62. The molecule has 0 bridgehead atoms. The molecule has 1 amide bonds. The van der Waals surface area contributed by atoms with E-state index in [0.717, 1.165) is 6.07 Å². The fraction of sp³-hybridized carbons (Fsp3) is 0.588. The van der Waals surface area contributed by atoms with Crippen LogP contribution >= 0.6 is 0 Å². The van der Waals surface area contributed by atoms with Gasteiger partial charge in [0, 0.05) is 6.54 Å². The van der Waals surface area contributed by atoms with Gasteiger partial charge in [0.25, 0.3) is 0 Å². The molecule has 0 aromatic heterocycles. The van der Waals surface area contributed by atoms with Crippen molar-refractivity contribution in [2.45, 2.75) is 51.7 Å². The van der Waals surface area contributed by atoms with Crippen LogP contribution in [0.15, 0.2) is 18.2 Å². The summed E-state index contributed by atoms with van der Waals surface area (Å²) in [5.41, 5.74) is -1.58. The van der Waals surface area contributed by atoms with Gasteiger partial charge in [-0.25, -0.2) is 9.18 Å². The standard InChI is InChI=1S/C17H21F4NO3/c1-16(2,3)25-15(23)22-7-6-12(9-22)24-10-11-4-5-13(14(18)8-11)17(19,20)21/h4-5,8,12H,6-7,9-10H2,1-3H3. The molecule has 1 aliphatic rings. The van der Waals surface area contributed by atoms with Crippen molar-refractivity contribution in [3.63, 3.8) is 0 Å². The van der Waals surface area contributed by atoms with Gasteiger partial charge in [0.15, 0.2) is 0 Å². The molecule has 4 nitrogen and oxygen atoms in total. The number of hydrogen-bond donors (Lipinski definition) is 0. The Morgan fingerprint density at radius 2 is 1.96 bits per heavy atom. The van der Waals surface area contributed by atoms with Gasteiger partial charge < -0.3 is 14.4 Å². The second-order valence-corrected chi connectivity index (χ2v) is 6.96. The van der Waals surface area contributed by atoms with Gasteiger partial charge in [0.1, 0.15) is 11.4 Å². The van der Waals surface area contributed by atoms with E-state index in [1.54, 1.807) is 20.8 Å². The molecule has 1 aromatic carbocycles. The van der Waals surface area contributed by atoms with E-state index in [1.807, 2.05) is 0 Å². The Morgan fingerprint density at radius 3 is 2.52 bits per heavy atom. The van der Waals surface area contributed by atoms with Crippen molar-refractivity contribution in [2.24, 2.45) is 0 Å². The Kier molecular flexibility index (Phi) is 5.61. The highest BCUT2D eigenvalue weighted by Gasteiger charge is 2.34. The maximum Gasteiger partial charge on any atom is 0.419 e. The second-order valence-electron chi connectivity index (χ2n) is 6.96. The topological polar surface area (TPSA) is 38.8 Å². The van der Waals surface area contributed by atoms with Crippen LogP contribution in [0.5, 0.6) is 0 Å². The summed E-state index contributed by atoms with van der Waals surface area (Å²) in [5, 5.41) is 0. The number of alkyl halides is 3. The number of rotatable bonds is 3. The van der Waals surface area contributed by atoms with Gasteiger partial charge in [-0.15, -0.1) is 0 Å². The normalized spacial score (nSPS) is 18.5. The SMILES string of the molecule is CC(C)(C)OC(=O)N1CCC(OCc2ccc(C(F)(F)F)c(F)c2)C1. The first-order valence-electron chi connectivity index (χ1n) is 7.91. The molecule has 1 aliphatic heterocycles. The first-order chi connectivity index (χ1) is 11.5. The monoisotopic (exact) mass is 363 g/mol. The van der Waals surface area contributed by atoms with Crippen LogP contribution in [0.1, 0.15) is 38.3 Å². The minimum absolute atomic E-state index is 0.0259. The van der Waals surface area contributed by atoms with E-state index >= 15 is 0 Å². The average Bonchev–Trinajstić information content (AvgIpc) is 2.91. The quantitative estimate of drug-likeness (QED) is 0.749. The zero-order chi connectivity index (χ0) is 18.8. The van der Waals surface area contributed by atoms with Crippen molar-refractivity contribution in [3.05, 3.63) is 35.1 Å². The first-order valence-corrected chi connectivity index (χ1v) is 7.91. The number of carbonyl (C=O) groups excluding carboxylic acids is 1. The van der Waals surface area contributed by atoms with E-state index in [2.05, 4.69) is 0 Å². The van der Waals surface area contributed by atoms with E-state index in [1.165, 1.54) is 11.0 Å². The fourth-order valence-electron chi connectivity index (χ4n) is 2.45. The molecule has 2 rings (SSSR count). The van der Waals surface area contributed by atoms with E-state index < -0.39 is 29.3 Å². The third-order valence-corrected chi connectivity index (χ3v) is 3.62. The predicted molar refractivity (Wildman–Crippen MR) is 82.4 cm³/mol. The lowest BCUT2D eigenvalue weighted by atomic mass is 10.1. The molecule has 0 saturated carbocycles. The summed E-state index contributed by atoms with van der Waals surface area (Å²) in [6, 6.07) is 2.71. The molecule has 1 unspecified atom stereocenters. The summed E-state index contributed by atoms with van der Waals surface area (Å²) in [6.07, 6.45) is -4.83. The van der Waals surface area contributed by atoms with Crippen molar-refractivity contribution < 1.29 is 31.8 Å². The average molecular weight is 363 g/mol. The summed E-state index contributed by atoms with van der Waals surface area (Å²) >= 11 is 0. The summed E-state index contributed by atoms with van der Waals surface area (Å²) < 4.78 is 62.0. The zero-order valence-electron chi connectivity index (χ0n) is 14.3. The molecular formula is C17H21F4NO3. The van der Waals surface area contributed by atoms with Crippen LogP contribution in [0.4, 0.5) is 22.4 Å². The molecule has 0 spiro atoms.